The van der Waals surface area contributed by atoms with Crippen LogP contribution in [0.3, 0.4) is 0 Å². The molecule has 0 aliphatic rings. The zero-order valence-electron chi connectivity index (χ0n) is 18.8. The van der Waals surface area contributed by atoms with Gasteiger partial charge in [0.05, 0.1) is 17.1 Å². The van der Waals surface area contributed by atoms with E-state index in [9.17, 15) is 13.2 Å². The second kappa shape index (κ2) is 9.47. The van der Waals surface area contributed by atoms with Crippen molar-refractivity contribution in [1.29, 1.82) is 5.26 Å². The Hall–Kier alpha value is -4.77. The molecule has 5 nitrogen and oxygen atoms in total. The summed E-state index contributed by atoms with van der Waals surface area (Å²) in [6.45, 7) is 0.457. The topological polar surface area (TPSA) is 74.5 Å². The monoisotopic (exact) mass is 481 g/mol. The van der Waals surface area contributed by atoms with E-state index in [1.807, 2.05) is 48.5 Å². The third kappa shape index (κ3) is 4.86. The predicted octanol–water partition coefficient (Wildman–Crippen LogP) is 6.86. The van der Waals surface area contributed by atoms with Gasteiger partial charge in [-0.15, -0.1) is 0 Å². The first-order valence-electron chi connectivity index (χ1n) is 11.0. The Labute approximate surface area is 204 Å². The molecule has 0 fully saturated rings. The second-order valence-corrected chi connectivity index (χ2v) is 8.08. The van der Waals surface area contributed by atoms with Crippen molar-refractivity contribution >= 4 is 16.7 Å². The van der Waals surface area contributed by atoms with Crippen LogP contribution in [0.1, 0.15) is 16.8 Å². The molecule has 0 unspecified atom stereocenters. The van der Waals surface area contributed by atoms with E-state index in [-0.39, 0.29) is 0 Å². The first kappa shape index (κ1) is 23.0. The largest absolute Gasteiger partial charge is 0.433 e. The molecule has 0 spiro atoms. The quantitative estimate of drug-likeness (QED) is 0.297. The summed E-state index contributed by atoms with van der Waals surface area (Å²) in [5.74, 6) is 1.20. The number of halogens is 3. The van der Waals surface area contributed by atoms with Crippen LogP contribution < -0.4 is 5.32 Å². The smallest absolute Gasteiger partial charge is 0.365 e. The van der Waals surface area contributed by atoms with E-state index < -0.39 is 11.9 Å². The van der Waals surface area contributed by atoms with Gasteiger partial charge in [0.25, 0.3) is 0 Å². The number of nitrogens with zero attached hydrogens (tertiary/aromatic N) is 4. The van der Waals surface area contributed by atoms with E-state index in [4.69, 9.17) is 10.2 Å². The summed E-state index contributed by atoms with van der Waals surface area (Å²) in [6.07, 6.45) is -3.32. The molecule has 3 aromatic carbocycles. The van der Waals surface area contributed by atoms with Crippen LogP contribution in [-0.2, 0) is 12.7 Å². The van der Waals surface area contributed by atoms with Crippen LogP contribution in [0.5, 0.6) is 0 Å². The zero-order chi connectivity index (χ0) is 25.1. The zero-order valence-corrected chi connectivity index (χ0v) is 18.8. The minimum Gasteiger partial charge on any atom is -0.365 e. The molecule has 0 radical (unpaired) electrons. The van der Waals surface area contributed by atoms with Crippen LogP contribution in [0.15, 0.2) is 91.1 Å². The lowest BCUT2D eigenvalue weighted by Crippen LogP contribution is -2.07. The summed E-state index contributed by atoms with van der Waals surface area (Å²) in [5, 5.41) is 13.3. The van der Waals surface area contributed by atoms with Crippen molar-refractivity contribution in [2.75, 3.05) is 5.32 Å². The maximum absolute atomic E-state index is 13.0. The molecule has 2 aromatic heterocycles. The van der Waals surface area contributed by atoms with Crippen LogP contribution in [-0.4, -0.2) is 15.0 Å². The maximum atomic E-state index is 13.0. The van der Waals surface area contributed by atoms with E-state index in [0.29, 0.717) is 34.9 Å². The molecule has 0 saturated carbocycles. The highest BCUT2D eigenvalue weighted by Crippen LogP contribution is 2.31. The van der Waals surface area contributed by atoms with Crippen LogP contribution in [0.25, 0.3) is 33.4 Å². The lowest BCUT2D eigenvalue weighted by molar-refractivity contribution is -0.141. The second-order valence-electron chi connectivity index (χ2n) is 8.08. The molecule has 176 valence electrons. The Morgan fingerprint density at radius 2 is 1.53 bits per heavy atom. The first-order chi connectivity index (χ1) is 17.4. The predicted molar refractivity (Wildman–Crippen MR) is 132 cm³/mol. The molecule has 8 heteroatoms. The molecule has 5 aromatic rings. The number of nitriles is 1. The van der Waals surface area contributed by atoms with Gasteiger partial charge in [0.1, 0.15) is 11.5 Å². The Morgan fingerprint density at radius 3 is 2.25 bits per heavy atom. The number of aromatic nitrogens is 3. The van der Waals surface area contributed by atoms with E-state index >= 15 is 0 Å². The molecule has 0 saturated heterocycles. The summed E-state index contributed by atoms with van der Waals surface area (Å²) in [6, 6.07) is 26.7. The molecule has 0 amide bonds. The number of anilines is 1. The van der Waals surface area contributed by atoms with Crippen molar-refractivity contribution in [2.24, 2.45) is 0 Å². The SMILES string of the molecule is N#Cc1ccc(-c2nc(NCc3ccc(-c4ccnc(C(F)(F)F)c4)cc3)c3ccccc3n2)cc1. The number of alkyl halides is 3. The minimum absolute atomic E-state index is 0.450. The van der Waals surface area contributed by atoms with Crippen molar-refractivity contribution in [1.82, 2.24) is 15.0 Å². The fourth-order valence-corrected chi connectivity index (χ4v) is 3.80. The van der Waals surface area contributed by atoms with Crippen molar-refractivity contribution in [3.8, 4) is 28.6 Å². The standard InChI is InChI=1S/C28H18F3N5/c29-28(30,31)25-15-22(13-14-33-25)20-9-7-19(8-10-20)17-34-27-23-3-1-2-4-24(23)35-26(36-27)21-11-5-18(16-32)6-12-21/h1-15H,17H2,(H,34,35,36). The molecular weight excluding hydrogens is 463 g/mol. The van der Waals surface area contributed by atoms with Gasteiger partial charge < -0.3 is 5.32 Å². The van der Waals surface area contributed by atoms with Gasteiger partial charge in [0, 0.05) is 23.7 Å². The highest BCUT2D eigenvalue weighted by Gasteiger charge is 2.32. The first-order valence-corrected chi connectivity index (χ1v) is 11.0. The molecule has 0 aliphatic heterocycles. The Bertz CT molecular complexity index is 1570. The van der Waals surface area contributed by atoms with Crippen molar-refractivity contribution < 1.29 is 13.2 Å². The summed E-state index contributed by atoms with van der Waals surface area (Å²) >= 11 is 0. The Balaban J connectivity index is 1.39. The van der Waals surface area contributed by atoms with Crippen molar-refractivity contribution in [3.05, 3.63) is 108 Å². The van der Waals surface area contributed by atoms with Gasteiger partial charge in [-0.25, -0.2) is 9.97 Å². The summed E-state index contributed by atoms with van der Waals surface area (Å²) in [7, 11) is 0. The van der Waals surface area contributed by atoms with Gasteiger partial charge in [-0.05, 0) is 65.2 Å². The molecule has 36 heavy (non-hydrogen) atoms. The Kier molecular flexibility index (Phi) is 6.05. The molecule has 0 bridgehead atoms. The van der Waals surface area contributed by atoms with Gasteiger partial charge in [0.15, 0.2) is 5.82 Å². The lowest BCUT2D eigenvalue weighted by atomic mass is 10.0. The fraction of sp³-hybridized carbons (Fsp3) is 0.0714. The summed E-state index contributed by atoms with van der Waals surface area (Å²) in [4.78, 5) is 12.8. The third-order valence-electron chi connectivity index (χ3n) is 5.67. The number of para-hydroxylation sites is 1. The van der Waals surface area contributed by atoms with Crippen molar-refractivity contribution in [3.63, 3.8) is 0 Å². The van der Waals surface area contributed by atoms with Gasteiger partial charge in [-0.1, -0.05) is 36.4 Å². The number of benzene rings is 3. The molecular formula is C28H18F3N5. The highest BCUT2D eigenvalue weighted by atomic mass is 19.4. The van der Waals surface area contributed by atoms with Crippen LogP contribution in [0, 0.1) is 11.3 Å². The number of rotatable bonds is 5. The number of fused-ring (bicyclic) bond motifs is 1. The summed E-state index contributed by atoms with van der Waals surface area (Å²) < 4.78 is 39.0. The van der Waals surface area contributed by atoms with Crippen LogP contribution in [0.4, 0.5) is 19.0 Å². The van der Waals surface area contributed by atoms with Crippen LogP contribution in [0.2, 0.25) is 0 Å². The van der Waals surface area contributed by atoms with E-state index in [1.54, 1.807) is 30.3 Å². The molecule has 5 rings (SSSR count). The number of hydrogen-bond donors (Lipinski definition) is 1. The molecule has 1 N–H and O–H groups in total. The van der Waals surface area contributed by atoms with Gasteiger partial charge in [0.2, 0.25) is 0 Å². The van der Waals surface area contributed by atoms with Gasteiger partial charge >= 0.3 is 6.18 Å². The number of pyridine rings is 1. The number of hydrogen-bond acceptors (Lipinski definition) is 5. The third-order valence-corrected chi connectivity index (χ3v) is 5.67. The van der Waals surface area contributed by atoms with Gasteiger partial charge in [-0.3, -0.25) is 4.98 Å². The summed E-state index contributed by atoms with van der Waals surface area (Å²) in [5.41, 5.74) is 3.27. The highest BCUT2D eigenvalue weighted by molar-refractivity contribution is 5.90. The van der Waals surface area contributed by atoms with E-state index in [0.717, 1.165) is 28.1 Å². The average molecular weight is 481 g/mol. The minimum atomic E-state index is -4.49. The van der Waals surface area contributed by atoms with Crippen LogP contribution >= 0.6 is 0 Å². The van der Waals surface area contributed by atoms with Crippen molar-refractivity contribution in [2.45, 2.75) is 12.7 Å². The maximum Gasteiger partial charge on any atom is 0.433 e. The molecule has 2 heterocycles. The Morgan fingerprint density at radius 1 is 0.806 bits per heavy atom. The molecule has 0 atom stereocenters. The van der Waals surface area contributed by atoms with E-state index in [1.165, 1.54) is 6.20 Å². The fourth-order valence-electron chi connectivity index (χ4n) is 3.80. The average Bonchev–Trinajstić information content (AvgIpc) is 2.91. The van der Waals surface area contributed by atoms with Gasteiger partial charge in [-0.2, -0.15) is 18.4 Å². The van der Waals surface area contributed by atoms with E-state index in [2.05, 4.69) is 21.4 Å². The normalized spacial score (nSPS) is 11.3. The molecule has 0 aliphatic carbocycles. The number of nitrogens with one attached hydrogen (secondary N) is 1. The lowest BCUT2D eigenvalue weighted by Gasteiger charge is -2.12.